The third-order valence-electron chi connectivity index (χ3n) is 4.85. The van der Waals surface area contributed by atoms with Gasteiger partial charge in [0.05, 0.1) is 5.56 Å². The molecule has 1 aromatic heterocycles. The van der Waals surface area contributed by atoms with Gasteiger partial charge in [-0.1, -0.05) is 24.6 Å². The highest BCUT2D eigenvalue weighted by atomic mass is 19.4. The minimum absolute atomic E-state index is 0.179. The summed E-state index contributed by atoms with van der Waals surface area (Å²) in [5.41, 5.74) is -0.657. The summed E-state index contributed by atoms with van der Waals surface area (Å²) in [6.07, 6.45) is -2.14. The maximum atomic E-state index is 13.4. The number of alkyl halides is 3. The first kappa shape index (κ1) is 18.2. The number of benzene rings is 1. The monoisotopic (exact) mass is 364 g/mol. The molecule has 8 heteroatoms. The Kier molecular flexibility index (Phi) is 4.84. The second-order valence-corrected chi connectivity index (χ2v) is 6.41. The highest BCUT2D eigenvalue weighted by Crippen LogP contribution is 2.48. The molecule has 3 rings (SSSR count). The zero-order chi connectivity index (χ0) is 18.8. The molecule has 5 nitrogen and oxygen atoms in total. The fourth-order valence-corrected chi connectivity index (χ4v) is 3.27. The van der Waals surface area contributed by atoms with Crippen molar-refractivity contribution < 1.29 is 18.0 Å². The predicted molar refractivity (Wildman–Crippen MR) is 90.9 cm³/mol. The molecule has 26 heavy (non-hydrogen) atoms. The molecular formula is C18H19F3N4O. The Hall–Kier alpha value is -2.64. The van der Waals surface area contributed by atoms with Gasteiger partial charge >= 0.3 is 6.18 Å². The van der Waals surface area contributed by atoms with Crippen molar-refractivity contribution in [2.24, 2.45) is 0 Å². The van der Waals surface area contributed by atoms with Gasteiger partial charge in [-0.25, -0.2) is 0 Å². The number of aromatic nitrogens is 2. The topological polar surface area (TPSA) is 66.9 Å². The summed E-state index contributed by atoms with van der Waals surface area (Å²) in [6, 6.07) is 8.86. The molecule has 0 aliphatic heterocycles. The Bertz CT molecular complexity index is 786. The standard InChI is InChI=1S/C18H19F3N4O/c1-22-16(26)14-7-8-15(25-24-14)23-11-17(9-4-10-17)12-5-2-3-6-13(12)18(19,20)21/h2-3,5-8H,4,9-11H2,1H3,(H,22,26)(H,23,25). The fourth-order valence-electron chi connectivity index (χ4n) is 3.27. The molecule has 0 radical (unpaired) electrons. The number of rotatable bonds is 5. The molecule has 0 bridgehead atoms. The van der Waals surface area contributed by atoms with E-state index in [0.29, 0.717) is 30.8 Å². The number of carbonyl (C=O) groups excluding carboxylic acids is 1. The van der Waals surface area contributed by atoms with Gasteiger partial charge in [-0.15, -0.1) is 10.2 Å². The van der Waals surface area contributed by atoms with Crippen LogP contribution in [0, 0.1) is 0 Å². The molecule has 2 N–H and O–H groups in total. The van der Waals surface area contributed by atoms with Gasteiger partial charge in [-0.05, 0) is 36.6 Å². The van der Waals surface area contributed by atoms with Gasteiger partial charge in [0.1, 0.15) is 5.82 Å². The minimum Gasteiger partial charge on any atom is -0.368 e. The van der Waals surface area contributed by atoms with Gasteiger partial charge in [0.15, 0.2) is 5.69 Å². The van der Waals surface area contributed by atoms with Crippen molar-refractivity contribution in [2.75, 3.05) is 18.9 Å². The zero-order valence-electron chi connectivity index (χ0n) is 14.2. The van der Waals surface area contributed by atoms with Crippen molar-refractivity contribution in [3.8, 4) is 0 Å². The van der Waals surface area contributed by atoms with Gasteiger partial charge in [0.25, 0.3) is 5.91 Å². The van der Waals surface area contributed by atoms with Gasteiger partial charge in [-0.2, -0.15) is 13.2 Å². The average molecular weight is 364 g/mol. The first-order chi connectivity index (χ1) is 12.4. The summed E-state index contributed by atoms with van der Waals surface area (Å²) >= 11 is 0. The summed E-state index contributed by atoms with van der Waals surface area (Å²) in [5, 5.41) is 13.3. The van der Waals surface area contributed by atoms with Crippen LogP contribution in [0.4, 0.5) is 19.0 Å². The van der Waals surface area contributed by atoms with Crippen LogP contribution in [0.1, 0.15) is 40.9 Å². The molecule has 0 spiro atoms. The van der Waals surface area contributed by atoms with Gasteiger partial charge in [-0.3, -0.25) is 4.79 Å². The van der Waals surface area contributed by atoms with Crippen molar-refractivity contribution in [1.29, 1.82) is 0 Å². The maximum Gasteiger partial charge on any atom is 0.416 e. The van der Waals surface area contributed by atoms with Crippen LogP contribution in [0.2, 0.25) is 0 Å². The van der Waals surface area contributed by atoms with E-state index in [-0.39, 0.29) is 11.6 Å². The predicted octanol–water partition coefficient (Wildman–Crippen LogP) is 3.39. The quantitative estimate of drug-likeness (QED) is 0.854. The van der Waals surface area contributed by atoms with E-state index >= 15 is 0 Å². The van der Waals surface area contributed by atoms with E-state index in [9.17, 15) is 18.0 Å². The number of hydrogen-bond acceptors (Lipinski definition) is 4. The number of nitrogens with one attached hydrogen (secondary N) is 2. The van der Waals surface area contributed by atoms with Crippen LogP contribution in [0.5, 0.6) is 0 Å². The number of amides is 1. The SMILES string of the molecule is CNC(=O)c1ccc(NCC2(c3ccccc3C(F)(F)F)CCC2)nn1. The number of hydrogen-bond donors (Lipinski definition) is 2. The van der Waals surface area contributed by atoms with Crippen molar-refractivity contribution in [1.82, 2.24) is 15.5 Å². The van der Waals surface area contributed by atoms with Crippen LogP contribution in [0.3, 0.4) is 0 Å². The first-order valence-electron chi connectivity index (χ1n) is 8.32. The molecule has 1 aliphatic rings. The maximum absolute atomic E-state index is 13.4. The summed E-state index contributed by atoms with van der Waals surface area (Å²) in [5.74, 6) is 0.0760. The second kappa shape index (κ2) is 6.93. The van der Waals surface area contributed by atoms with Crippen LogP contribution in [-0.4, -0.2) is 29.7 Å². The minimum atomic E-state index is -4.38. The molecule has 1 aliphatic carbocycles. The third kappa shape index (κ3) is 3.49. The van der Waals surface area contributed by atoms with Gasteiger partial charge in [0.2, 0.25) is 0 Å². The normalized spacial score (nSPS) is 15.8. The summed E-state index contributed by atoms with van der Waals surface area (Å²) in [7, 11) is 1.49. The van der Waals surface area contributed by atoms with Crippen molar-refractivity contribution in [2.45, 2.75) is 30.9 Å². The van der Waals surface area contributed by atoms with E-state index in [4.69, 9.17) is 0 Å². The van der Waals surface area contributed by atoms with Crippen molar-refractivity contribution in [3.05, 3.63) is 53.2 Å². The van der Waals surface area contributed by atoms with Crippen LogP contribution < -0.4 is 10.6 Å². The molecule has 0 saturated heterocycles. The smallest absolute Gasteiger partial charge is 0.368 e. The van der Waals surface area contributed by atoms with E-state index in [1.165, 1.54) is 19.2 Å². The van der Waals surface area contributed by atoms with Gasteiger partial charge in [0, 0.05) is 19.0 Å². The molecular weight excluding hydrogens is 345 g/mol. The lowest BCUT2D eigenvalue weighted by atomic mass is 9.63. The summed E-state index contributed by atoms with van der Waals surface area (Å²) in [4.78, 5) is 11.5. The van der Waals surface area contributed by atoms with Crippen LogP contribution in [0.25, 0.3) is 0 Å². The van der Waals surface area contributed by atoms with Crippen molar-refractivity contribution in [3.63, 3.8) is 0 Å². The summed E-state index contributed by atoms with van der Waals surface area (Å²) in [6.45, 7) is 0.327. The molecule has 0 atom stereocenters. The average Bonchev–Trinajstić information content (AvgIpc) is 2.60. The van der Waals surface area contributed by atoms with Crippen LogP contribution in [0.15, 0.2) is 36.4 Å². The van der Waals surface area contributed by atoms with Crippen LogP contribution >= 0.6 is 0 Å². The fraction of sp³-hybridized carbons (Fsp3) is 0.389. The van der Waals surface area contributed by atoms with E-state index in [2.05, 4.69) is 20.8 Å². The molecule has 0 unspecified atom stereocenters. The van der Waals surface area contributed by atoms with Gasteiger partial charge < -0.3 is 10.6 Å². The van der Waals surface area contributed by atoms with E-state index < -0.39 is 17.2 Å². The second-order valence-electron chi connectivity index (χ2n) is 6.41. The number of carbonyl (C=O) groups is 1. The third-order valence-corrected chi connectivity index (χ3v) is 4.85. The van der Waals surface area contributed by atoms with E-state index in [1.54, 1.807) is 18.2 Å². The van der Waals surface area contributed by atoms with Crippen molar-refractivity contribution >= 4 is 11.7 Å². The Morgan fingerprint density at radius 2 is 1.88 bits per heavy atom. The Labute approximate surface area is 149 Å². The molecule has 1 amide bonds. The molecule has 1 heterocycles. The highest BCUT2D eigenvalue weighted by Gasteiger charge is 2.44. The Morgan fingerprint density at radius 3 is 2.42 bits per heavy atom. The lowest BCUT2D eigenvalue weighted by Gasteiger charge is -2.44. The lowest BCUT2D eigenvalue weighted by molar-refractivity contribution is -0.139. The number of anilines is 1. The molecule has 1 saturated carbocycles. The Balaban J connectivity index is 1.79. The zero-order valence-corrected chi connectivity index (χ0v) is 14.2. The number of halogens is 3. The molecule has 2 aromatic rings. The van der Waals surface area contributed by atoms with E-state index in [0.717, 1.165) is 12.5 Å². The molecule has 1 aromatic carbocycles. The first-order valence-corrected chi connectivity index (χ1v) is 8.32. The highest BCUT2D eigenvalue weighted by molar-refractivity contribution is 5.91. The van der Waals surface area contributed by atoms with E-state index in [1.807, 2.05) is 0 Å². The molecule has 138 valence electrons. The van der Waals surface area contributed by atoms with Crippen LogP contribution in [-0.2, 0) is 11.6 Å². The Morgan fingerprint density at radius 1 is 1.15 bits per heavy atom. The number of nitrogens with zero attached hydrogens (tertiary/aromatic N) is 2. The summed E-state index contributed by atoms with van der Waals surface area (Å²) < 4.78 is 40.1. The lowest BCUT2D eigenvalue weighted by Crippen LogP contribution is -2.42. The molecule has 1 fully saturated rings. The largest absolute Gasteiger partial charge is 0.416 e.